The van der Waals surface area contributed by atoms with E-state index in [1.54, 1.807) is 24.3 Å². The summed E-state index contributed by atoms with van der Waals surface area (Å²) in [5, 5.41) is 0.167. The Morgan fingerprint density at radius 1 is 1.15 bits per heavy atom. The molecule has 1 aromatic carbocycles. The van der Waals surface area contributed by atoms with Gasteiger partial charge in [0.05, 0.1) is 34.7 Å². The van der Waals surface area contributed by atoms with E-state index < -0.39 is 11.7 Å². The van der Waals surface area contributed by atoms with E-state index in [-0.39, 0.29) is 21.9 Å². The molecule has 3 aromatic heterocycles. The van der Waals surface area contributed by atoms with Gasteiger partial charge in [-0.3, -0.25) is 9.69 Å². The van der Waals surface area contributed by atoms with Crippen molar-refractivity contribution in [2.75, 3.05) is 6.54 Å². The van der Waals surface area contributed by atoms with Gasteiger partial charge in [-0.15, -0.1) is 0 Å². The number of fused-ring (bicyclic) bond motifs is 1. The van der Waals surface area contributed by atoms with Crippen LogP contribution in [-0.4, -0.2) is 21.4 Å². The van der Waals surface area contributed by atoms with E-state index in [4.69, 9.17) is 20.4 Å². The van der Waals surface area contributed by atoms with E-state index in [9.17, 15) is 18.0 Å². The summed E-state index contributed by atoms with van der Waals surface area (Å²) in [6, 6.07) is 9.86. The van der Waals surface area contributed by atoms with Crippen molar-refractivity contribution in [3.8, 4) is 22.9 Å². The summed E-state index contributed by atoms with van der Waals surface area (Å²) >= 11 is 6.12. The lowest BCUT2D eigenvalue weighted by Crippen LogP contribution is -2.35. The van der Waals surface area contributed by atoms with Crippen molar-refractivity contribution < 1.29 is 22.0 Å². The number of nitrogens with zero attached hydrogens (tertiary/aromatic N) is 2. The highest BCUT2D eigenvalue weighted by Gasteiger charge is 2.31. The molecule has 0 amide bonds. The van der Waals surface area contributed by atoms with Gasteiger partial charge in [-0.2, -0.15) is 13.2 Å². The number of nitrogens with one attached hydrogen (secondary N) is 1. The van der Waals surface area contributed by atoms with Gasteiger partial charge in [-0.25, -0.2) is 4.98 Å². The molecule has 0 bridgehead atoms. The molecule has 0 saturated carbocycles. The second-order valence-corrected chi connectivity index (χ2v) is 8.14. The molecule has 1 N–H and O–H groups in total. The van der Waals surface area contributed by atoms with E-state index in [0.29, 0.717) is 49.0 Å². The molecule has 0 spiro atoms. The Morgan fingerprint density at radius 3 is 2.76 bits per heavy atom. The van der Waals surface area contributed by atoms with Crippen molar-refractivity contribution in [1.29, 1.82) is 0 Å². The summed E-state index contributed by atoms with van der Waals surface area (Å²) in [7, 11) is 0. The Morgan fingerprint density at radius 2 is 2.00 bits per heavy atom. The summed E-state index contributed by atoms with van der Waals surface area (Å²) in [6.45, 7) is 1.40. The molecule has 0 unspecified atom stereocenters. The fraction of sp³-hybridized carbons (Fsp3) is 0.217. The number of benzene rings is 1. The van der Waals surface area contributed by atoms with E-state index in [2.05, 4.69) is 9.97 Å². The minimum atomic E-state index is -4.48. The first-order valence-corrected chi connectivity index (χ1v) is 10.5. The quantitative estimate of drug-likeness (QED) is 0.420. The number of furan rings is 2. The van der Waals surface area contributed by atoms with Crippen LogP contribution in [0, 0.1) is 0 Å². The maximum Gasteiger partial charge on any atom is 0.416 e. The Kier molecular flexibility index (Phi) is 5.38. The second-order valence-electron chi connectivity index (χ2n) is 7.74. The second kappa shape index (κ2) is 8.24. The number of halogens is 4. The van der Waals surface area contributed by atoms with Gasteiger partial charge in [0.2, 0.25) is 0 Å². The SMILES string of the molecule is O=c1[nH]c(-c2ccco2)nc2c1CN(Cc1ccc(-c3cc(C(F)(F)F)ccc3Cl)o1)CC2. The minimum absolute atomic E-state index is 0.167. The zero-order chi connectivity index (χ0) is 23.2. The third kappa shape index (κ3) is 4.34. The number of aromatic nitrogens is 2. The Bertz CT molecular complexity index is 1360. The van der Waals surface area contributed by atoms with Crippen molar-refractivity contribution >= 4 is 11.6 Å². The van der Waals surface area contributed by atoms with Crippen LogP contribution in [0.3, 0.4) is 0 Å². The van der Waals surface area contributed by atoms with Gasteiger partial charge in [0.15, 0.2) is 11.6 Å². The molecule has 170 valence electrons. The maximum absolute atomic E-state index is 13.1. The Labute approximate surface area is 190 Å². The van der Waals surface area contributed by atoms with Crippen molar-refractivity contribution in [3.63, 3.8) is 0 Å². The van der Waals surface area contributed by atoms with Crippen LogP contribution >= 0.6 is 11.6 Å². The lowest BCUT2D eigenvalue weighted by Gasteiger charge is -2.26. The molecule has 4 heterocycles. The Balaban J connectivity index is 1.34. The van der Waals surface area contributed by atoms with Crippen LogP contribution in [0.4, 0.5) is 13.2 Å². The average Bonchev–Trinajstić information content (AvgIpc) is 3.46. The number of hydrogen-bond acceptors (Lipinski definition) is 5. The molecule has 0 atom stereocenters. The largest absolute Gasteiger partial charge is 0.461 e. The lowest BCUT2D eigenvalue weighted by atomic mass is 10.1. The molecule has 1 aliphatic heterocycles. The molecular formula is C23H17ClF3N3O3. The highest BCUT2D eigenvalue weighted by atomic mass is 35.5. The van der Waals surface area contributed by atoms with Gasteiger partial charge in [0.25, 0.3) is 5.56 Å². The maximum atomic E-state index is 13.1. The zero-order valence-electron chi connectivity index (χ0n) is 17.1. The number of alkyl halides is 3. The van der Waals surface area contributed by atoms with E-state index in [1.165, 1.54) is 12.3 Å². The number of aromatic amines is 1. The highest BCUT2D eigenvalue weighted by Crippen LogP contribution is 2.36. The molecule has 4 aromatic rings. The molecule has 1 aliphatic rings. The van der Waals surface area contributed by atoms with Crippen molar-refractivity contribution in [2.24, 2.45) is 0 Å². The highest BCUT2D eigenvalue weighted by molar-refractivity contribution is 6.33. The summed E-state index contributed by atoms with van der Waals surface area (Å²) in [5.41, 5.74) is 0.439. The normalized spacial score (nSPS) is 14.4. The van der Waals surface area contributed by atoms with Crippen LogP contribution < -0.4 is 5.56 Å². The van der Waals surface area contributed by atoms with Crippen molar-refractivity contribution in [2.45, 2.75) is 25.7 Å². The fourth-order valence-corrected chi connectivity index (χ4v) is 4.08. The minimum Gasteiger partial charge on any atom is -0.461 e. The topological polar surface area (TPSA) is 75.3 Å². The summed E-state index contributed by atoms with van der Waals surface area (Å²) in [6.07, 6.45) is -2.39. The van der Waals surface area contributed by atoms with Gasteiger partial charge in [0, 0.05) is 25.1 Å². The van der Waals surface area contributed by atoms with Crippen LogP contribution in [0.25, 0.3) is 22.9 Å². The van der Waals surface area contributed by atoms with E-state index >= 15 is 0 Å². The molecule has 0 fully saturated rings. The average molecular weight is 476 g/mol. The van der Waals surface area contributed by atoms with Crippen molar-refractivity contribution in [3.05, 3.63) is 86.7 Å². The van der Waals surface area contributed by atoms with Gasteiger partial charge in [0.1, 0.15) is 11.5 Å². The number of hydrogen-bond donors (Lipinski definition) is 1. The van der Waals surface area contributed by atoms with Gasteiger partial charge < -0.3 is 13.8 Å². The Hall–Kier alpha value is -3.30. The van der Waals surface area contributed by atoms with Crippen LogP contribution in [-0.2, 0) is 25.7 Å². The first-order chi connectivity index (χ1) is 15.8. The molecule has 0 radical (unpaired) electrons. The molecule has 0 aliphatic carbocycles. The van der Waals surface area contributed by atoms with Crippen LogP contribution in [0.15, 0.2) is 62.4 Å². The van der Waals surface area contributed by atoms with Gasteiger partial charge in [-0.05, 0) is 42.5 Å². The van der Waals surface area contributed by atoms with Gasteiger partial charge in [-0.1, -0.05) is 11.6 Å². The molecule has 5 rings (SSSR count). The zero-order valence-corrected chi connectivity index (χ0v) is 17.8. The first-order valence-electron chi connectivity index (χ1n) is 10.1. The summed E-state index contributed by atoms with van der Waals surface area (Å²) in [5.74, 6) is 1.69. The van der Waals surface area contributed by atoms with E-state index in [0.717, 1.165) is 17.8 Å². The van der Waals surface area contributed by atoms with Gasteiger partial charge >= 0.3 is 6.18 Å². The molecule has 0 saturated heterocycles. The van der Waals surface area contributed by atoms with Crippen molar-refractivity contribution in [1.82, 2.24) is 14.9 Å². The first kappa shape index (κ1) is 21.5. The molecule has 10 heteroatoms. The van der Waals surface area contributed by atoms with Crippen LogP contribution in [0.5, 0.6) is 0 Å². The smallest absolute Gasteiger partial charge is 0.416 e. The predicted octanol–water partition coefficient (Wildman–Crippen LogP) is 5.52. The summed E-state index contributed by atoms with van der Waals surface area (Å²) < 4.78 is 50.3. The lowest BCUT2D eigenvalue weighted by molar-refractivity contribution is -0.137. The molecule has 33 heavy (non-hydrogen) atoms. The third-order valence-corrected chi connectivity index (χ3v) is 5.83. The standard InChI is InChI=1S/C23H17ClF3N3O3/c24-17-5-3-13(23(25,26)27)10-15(17)19-6-4-14(33-19)11-30-8-7-18-16(12-30)22(31)29-21(28-18)20-2-1-9-32-20/h1-6,9-10H,7-8,11-12H2,(H,28,29,31). The monoisotopic (exact) mass is 475 g/mol. The molecular weight excluding hydrogens is 459 g/mol. The number of H-pyrrole nitrogens is 1. The third-order valence-electron chi connectivity index (χ3n) is 5.50. The summed E-state index contributed by atoms with van der Waals surface area (Å²) in [4.78, 5) is 21.9. The van der Waals surface area contributed by atoms with Crippen LogP contribution in [0.2, 0.25) is 5.02 Å². The fourth-order valence-electron chi connectivity index (χ4n) is 3.86. The van der Waals surface area contributed by atoms with E-state index in [1.807, 2.05) is 4.90 Å². The number of rotatable bonds is 4. The van der Waals surface area contributed by atoms with Crippen LogP contribution in [0.1, 0.15) is 22.6 Å². The predicted molar refractivity (Wildman–Crippen MR) is 115 cm³/mol. The molecule has 6 nitrogen and oxygen atoms in total.